The molecule has 0 saturated carbocycles. The molecule has 0 saturated heterocycles. The highest BCUT2D eigenvalue weighted by molar-refractivity contribution is 6.01. The van der Waals surface area contributed by atoms with E-state index in [1.807, 2.05) is 18.2 Å². The number of furan rings is 1. The maximum absolute atomic E-state index is 12.2. The van der Waals surface area contributed by atoms with Crippen LogP contribution >= 0.6 is 0 Å². The number of carbonyl (C=O) groups excluding carboxylic acids is 2. The van der Waals surface area contributed by atoms with E-state index in [2.05, 4.69) is 15.6 Å². The number of aromatic nitrogens is 1. The summed E-state index contributed by atoms with van der Waals surface area (Å²) in [6, 6.07) is 13.4. The van der Waals surface area contributed by atoms with Gasteiger partial charge in [-0.15, -0.1) is 0 Å². The minimum absolute atomic E-state index is 0.170. The van der Waals surface area contributed by atoms with Crippen LogP contribution < -0.4 is 10.6 Å². The Balaban J connectivity index is 1.65. The van der Waals surface area contributed by atoms with E-state index in [9.17, 15) is 9.59 Å². The van der Waals surface area contributed by atoms with Gasteiger partial charge in [0.1, 0.15) is 17.4 Å². The first-order chi connectivity index (χ1) is 11.1. The zero-order valence-electron chi connectivity index (χ0n) is 12.4. The number of pyridine rings is 1. The summed E-state index contributed by atoms with van der Waals surface area (Å²) in [6.07, 6.45) is 1.58. The number of fused-ring (bicyclic) bond motifs is 1. The largest absolute Gasteiger partial charge is 0.451 e. The third-order valence-corrected chi connectivity index (χ3v) is 3.31. The number of nitrogens with zero attached hydrogens (tertiary/aromatic N) is 1. The number of rotatable bonds is 4. The number of benzene rings is 1. The van der Waals surface area contributed by atoms with E-state index < -0.39 is 11.9 Å². The topological polar surface area (TPSA) is 84.2 Å². The van der Waals surface area contributed by atoms with Crippen LogP contribution in [0.2, 0.25) is 0 Å². The summed E-state index contributed by atoms with van der Waals surface area (Å²) < 4.78 is 5.47. The van der Waals surface area contributed by atoms with Gasteiger partial charge in [-0.05, 0) is 31.2 Å². The van der Waals surface area contributed by atoms with Gasteiger partial charge in [0.25, 0.3) is 5.91 Å². The fourth-order valence-electron chi connectivity index (χ4n) is 2.10. The second kappa shape index (κ2) is 6.31. The smallest absolute Gasteiger partial charge is 0.287 e. The molecular formula is C17H15N3O3. The lowest BCUT2D eigenvalue weighted by atomic mass is 10.2. The predicted molar refractivity (Wildman–Crippen MR) is 86.0 cm³/mol. The van der Waals surface area contributed by atoms with Crippen molar-refractivity contribution in [2.45, 2.75) is 13.0 Å². The van der Waals surface area contributed by atoms with Gasteiger partial charge in [-0.1, -0.05) is 24.3 Å². The van der Waals surface area contributed by atoms with Crippen LogP contribution in [0.5, 0.6) is 0 Å². The Labute approximate surface area is 132 Å². The molecule has 2 amide bonds. The number of anilines is 1. The number of hydrogen-bond acceptors (Lipinski definition) is 4. The molecule has 0 radical (unpaired) electrons. The third-order valence-electron chi connectivity index (χ3n) is 3.31. The van der Waals surface area contributed by atoms with Crippen molar-refractivity contribution >= 4 is 28.6 Å². The standard InChI is InChI=1S/C17H15N3O3/c1-11(16(21)20-15-8-4-5-9-18-15)19-17(22)14-10-12-6-2-3-7-13(12)23-14/h2-11H,1H3,(H,19,22)(H,18,20,21). The lowest BCUT2D eigenvalue weighted by Crippen LogP contribution is -2.41. The number of nitrogens with one attached hydrogen (secondary N) is 2. The Morgan fingerprint density at radius 2 is 1.91 bits per heavy atom. The number of amides is 2. The molecule has 0 aliphatic carbocycles. The van der Waals surface area contributed by atoms with Crippen LogP contribution in [0.3, 0.4) is 0 Å². The molecule has 2 N–H and O–H groups in total. The summed E-state index contributed by atoms with van der Waals surface area (Å²) in [7, 11) is 0. The van der Waals surface area contributed by atoms with Crippen molar-refractivity contribution in [2.24, 2.45) is 0 Å². The van der Waals surface area contributed by atoms with Crippen LogP contribution in [0.1, 0.15) is 17.5 Å². The number of para-hydroxylation sites is 1. The zero-order valence-corrected chi connectivity index (χ0v) is 12.4. The molecule has 116 valence electrons. The average molecular weight is 309 g/mol. The molecule has 0 bridgehead atoms. The summed E-state index contributed by atoms with van der Waals surface area (Å²) in [6.45, 7) is 1.60. The van der Waals surface area contributed by atoms with Crippen LogP contribution in [0.25, 0.3) is 11.0 Å². The highest BCUT2D eigenvalue weighted by Crippen LogP contribution is 2.18. The summed E-state index contributed by atoms with van der Waals surface area (Å²) in [5.41, 5.74) is 0.628. The molecule has 6 heteroatoms. The Hall–Kier alpha value is -3.15. The van der Waals surface area contributed by atoms with Crippen LogP contribution in [-0.2, 0) is 4.79 Å². The summed E-state index contributed by atoms with van der Waals surface area (Å²) in [5, 5.41) is 6.07. The Morgan fingerprint density at radius 3 is 2.65 bits per heavy atom. The maximum Gasteiger partial charge on any atom is 0.287 e. The average Bonchev–Trinajstić information content (AvgIpc) is 3.00. The SMILES string of the molecule is CC(NC(=O)c1cc2ccccc2o1)C(=O)Nc1ccccn1. The molecule has 23 heavy (non-hydrogen) atoms. The van der Waals surface area contributed by atoms with Gasteiger partial charge in [0, 0.05) is 11.6 Å². The quantitative estimate of drug-likeness (QED) is 0.776. The second-order valence-electron chi connectivity index (χ2n) is 5.05. The van der Waals surface area contributed by atoms with Crippen molar-refractivity contribution < 1.29 is 14.0 Å². The lowest BCUT2D eigenvalue weighted by molar-refractivity contribution is -0.117. The molecule has 1 atom stereocenters. The van der Waals surface area contributed by atoms with Gasteiger partial charge in [-0.25, -0.2) is 4.98 Å². The van der Waals surface area contributed by atoms with E-state index in [0.29, 0.717) is 11.4 Å². The van der Waals surface area contributed by atoms with E-state index in [0.717, 1.165) is 5.39 Å². The van der Waals surface area contributed by atoms with Crippen molar-refractivity contribution in [3.8, 4) is 0 Å². The maximum atomic E-state index is 12.2. The van der Waals surface area contributed by atoms with Crippen LogP contribution in [-0.4, -0.2) is 22.8 Å². The Morgan fingerprint density at radius 1 is 1.13 bits per heavy atom. The van der Waals surface area contributed by atoms with Gasteiger partial charge in [-0.2, -0.15) is 0 Å². The first-order valence-corrected chi connectivity index (χ1v) is 7.15. The fourth-order valence-corrected chi connectivity index (χ4v) is 2.10. The van der Waals surface area contributed by atoms with Crippen LogP contribution in [0, 0.1) is 0 Å². The van der Waals surface area contributed by atoms with Crippen LogP contribution in [0.4, 0.5) is 5.82 Å². The van der Waals surface area contributed by atoms with Gasteiger partial charge in [-0.3, -0.25) is 9.59 Å². The van der Waals surface area contributed by atoms with Gasteiger partial charge < -0.3 is 15.1 Å². The monoisotopic (exact) mass is 309 g/mol. The zero-order chi connectivity index (χ0) is 16.2. The Kier molecular flexibility index (Phi) is 4.05. The highest BCUT2D eigenvalue weighted by Gasteiger charge is 2.19. The normalized spacial score (nSPS) is 11.9. The van der Waals surface area contributed by atoms with Crippen molar-refractivity contribution in [3.63, 3.8) is 0 Å². The van der Waals surface area contributed by atoms with Crippen molar-refractivity contribution in [3.05, 3.63) is 60.5 Å². The Bertz CT molecular complexity index is 809. The first kappa shape index (κ1) is 14.8. The molecule has 3 aromatic rings. The number of hydrogen-bond donors (Lipinski definition) is 2. The molecule has 1 aromatic carbocycles. The van der Waals surface area contributed by atoms with Crippen molar-refractivity contribution in [1.29, 1.82) is 0 Å². The summed E-state index contributed by atoms with van der Waals surface area (Å²) >= 11 is 0. The molecule has 2 aromatic heterocycles. The summed E-state index contributed by atoms with van der Waals surface area (Å²) in [4.78, 5) is 28.2. The fraction of sp³-hybridized carbons (Fsp3) is 0.118. The van der Waals surface area contributed by atoms with Crippen LogP contribution in [0.15, 0.2) is 59.1 Å². The molecule has 1 unspecified atom stereocenters. The highest BCUT2D eigenvalue weighted by atomic mass is 16.3. The first-order valence-electron chi connectivity index (χ1n) is 7.15. The van der Waals surface area contributed by atoms with E-state index in [4.69, 9.17) is 4.42 Å². The summed E-state index contributed by atoms with van der Waals surface area (Å²) in [5.74, 6) is -0.191. The number of carbonyl (C=O) groups is 2. The van der Waals surface area contributed by atoms with E-state index in [1.165, 1.54) is 0 Å². The molecule has 0 aliphatic heterocycles. The molecule has 3 rings (SSSR count). The molecule has 0 aliphatic rings. The molecule has 2 heterocycles. The van der Waals surface area contributed by atoms with Gasteiger partial charge in [0.2, 0.25) is 5.91 Å². The minimum Gasteiger partial charge on any atom is -0.451 e. The molecule has 0 fully saturated rings. The second-order valence-corrected chi connectivity index (χ2v) is 5.05. The van der Waals surface area contributed by atoms with E-state index in [1.54, 1.807) is 43.5 Å². The van der Waals surface area contributed by atoms with Crippen molar-refractivity contribution in [2.75, 3.05) is 5.32 Å². The van der Waals surface area contributed by atoms with Gasteiger partial charge >= 0.3 is 0 Å². The third kappa shape index (κ3) is 3.37. The molecule has 0 spiro atoms. The lowest BCUT2D eigenvalue weighted by Gasteiger charge is -2.12. The molecule has 6 nitrogen and oxygen atoms in total. The molecular weight excluding hydrogens is 294 g/mol. The van der Waals surface area contributed by atoms with Gasteiger partial charge in [0.05, 0.1) is 0 Å². The van der Waals surface area contributed by atoms with E-state index >= 15 is 0 Å². The minimum atomic E-state index is -0.724. The van der Waals surface area contributed by atoms with Gasteiger partial charge in [0.15, 0.2) is 5.76 Å². The predicted octanol–water partition coefficient (Wildman–Crippen LogP) is 2.58. The van der Waals surface area contributed by atoms with Crippen molar-refractivity contribution in [1.82, 2.24) is 10.3 Å². The van der Waals surface area contributed by atoms with E-state index in [-0.39, 0.29) is 11.7 Å².